The van der Waals surface area contributed by atoms with Crippen LogP contribution in [0.15, 0.2) is 0 Å². The number of aliphatic hydroxyl groups excluding tert-OH is 1. The molecule has 0 aliphatic heterocycles. The maximum absolute atomic E-state index is 9.06. The van der Waals surface area contributed by atoms with Gasteiger partial charge in [-0.25, -0.2) is 0 Å². The van der Waals surface area contributed by atoms with Gasteiger partial charge in [0.2, 0.25) is 0 Å². The first kappa shape index (κ1) is 31.9. The van der Waals surface area contributed by atoms with Crippen molar-refractivity contribution in [2.45, 2.75) is 142 Å². The largest absolute Gasteiger partial charge is 0.391 e. The lowest BCUT2D eigenvalue weighted by atomic mass is 10.0. The van der Waals surface area contributed by atoms with Crippen molar-refractivity contribution < 1.29 is 9.59 Å². The summed E-state index contributed by atoms with van der Waals surface area (Å²) in [5.74, 6) is 0. The average Bonchev–Trinajstić information content (AvgIpc) is 2.76. The molecule has 2 N–H and O–H groups in total. The van der Waals surface area contributed by atoms with Gasteiger partial charge in [0.25, 0.3) is 0 Å². The minimum absolute atomic E-state index is 0.291. The van der Waals surface area contributed by atoms with Crippen LogP contribution in [0, 0.1) is 0 Å². The minimum atomic E-state index is 0.291. The molecule has 0 saturated carbocycles. The van der Waals surface area contributed by atoms with Gasteiger partial charge in [-0.3, -0.25) is 0 Å². The minimum Gasteiger partial charge on any atom is -0.391 e. The van der Waals surface area contributed by atoms with Crippen molar-refractivity contribution in [3.05, 3.63) is 0 Å². The Kier molecular flexibility index (Phi) is 25.4. The fourth-order valence-corrected chi connectivity index (χ4v) is 4.64. The summed E-state index contributed by atoms with van der Waals surface area (Å²) >= 11 is 0. The van der Waals surface area contributed by atoms with Crippen molar-refractivity contribution in [2.75, 3.05) is 46.9 Å². The molecule has 0 radical (unpaired) electrons. The fourth-order valence-electron chi connectivity index (χ4n) is 4.64. The molecule has 0 heterocycles. The number of likely N-dealkylation sites (N-methyl/N-ethyl adjacent to an activating group) is 1. The van der Waals surface area contributed by atoms with Crippen molar-refractivity contribution in [1.82, 2.24) is 5.32 Å². The molecule has 0 fully saturated rings. The normalized spacial score (nSPS) is 12.0. The van der Waals surface area contributed by atoms with E-state index < -0.39 is 0 Å². The van der Waals surface area contributed by atoms with Crippen LogP contribution in [-0.2, 0) is 0 Å². The summed E-state index contributed by atoms with van der Waals surface area (Å²) < 4.78 is 0.928. The van der Waals surface area contributed by atoms with Crippen LogP contribution in [0.25, 0.3) is 0 Å². The van der Waals surface area contributed by atoms with E-state index in [0.717, 1.165) is 24.1 Å². The first-order valence-corrected chi connectivity index (χ1v) is 14.8. The predicted molar refractivity (Wildman–Crippen MR) is 144 cm³/mol. The Bertz CT molecular complexity index is 346. The van der Waals surface area contributed by atoms with Gasteiger partial charge in [0.05, 0.1) is 27.2 Å². The van der Waals surface area contributed by atoms with Gasteiger partial charge in [-0.1, -0.05) is 129 Å². The number of nitrogens with one attached hydrogen (secondary N) is 1. The van der Waals surface area contributed by atoms with E-state index in [0.29, 0.717) is 6.61 Å². The third-order valence-corrected chi connectivity index (χ3v) is 7.03. The van der Waals surface area contributed by atoms with E-state index >= 15 is 0 Å². The molecule has 0 bridgehead atoms. The van der Waals surface area contributed by atoms with Gasteiger partial charge >= 0.3 is 0 Å². The molecule has 0 spiro atoms. The Balaban J connectivity index is 3.08. The number of hydrogen-bond donors (Lipinski definition) is 2. The van der Waals surface area contributed by atoms with E-state index in [1.807, 2.05) is 0 Å². The molecule has 0 saturated heterocycles. The first-order chi connectivity index (χ1) is 15.6. The second kappa shape index (κ2) is 25.5. The van der Waals surface area contributed by atoms with Crippen LogP contribution in [0.3, 0.4) is 0 Å². The van der Waals surface area contributed by atoms with Crippen LogP contribution in [0.1, 0.15) is 142 Å². The molecule has 0 rings (SSSR count). The molecule has 0 aliphatic rings. The van der Waals surface area contributed by atoms with E-state index in [4.69, 9.17) is 5.11 Å². The molecule has 32 heavy (non-hydrogen) atoms. The summed E-state index contributed by atoms with van der Waals surface area (Å²) in [6.45, 7) is 6.89. The van der Waals surface area contributed by atoms with Crippen LogP contribution >= 0.6 is 0 Å². The zero-order valence-electron chi connectivity index (χ0n) is 22.8. The van der Waals surface area contributed by atoms with Gasteiger partial charge in [0.15, 0.2) is 0 Å². The average molecular weight is 456 g/mol. The zero-order valence-corrected chi connectivity index (χ0v) is 22.8. The van der Waals surface area contributed by atoms with Gasteiger partial charge in [0.1, 0.15) is 6.54 Å². The number of aliphatic hydroxyl groups is 1. The van der Waals surface area contributed by atoms with Gasteiger partial charge in [-0.15, -0.1) is 0 Å². The molecule has 0 aromatic rings. The number of rotatable bonds is 27. The molecule has 3 nitrogen and oxygen atoms in total. The summed E-state index contributed by atoms with van der Waals surface area (Å²) in [5, 5.41) is 12.6. The first-order valence-electron chi connectivity index (χ1n) is 14.8. The van der Waals surface area contributed by atoms with Crippen LogP contribution in [0.5, 0.6) is 0 Å². The van der Waals surface area contributed by atoms with Crippen LogP contribution < -0.4 is 5.32 Å². The predicted octanol–water partition coefficient (Wildman–Crippen LogP) is 7.86. The highest BCUT2D eigenvalue weighted by atomic mass is 16.3. The Morgan fingerprint density at radius 2 is 0.812 bits per heavy atom. The molecule has 0 aromatic carbocycles. The molecule has 3 heteroatoms. The fraction of sp³-hybridized carbons (Fsp3) is 1.00. The quantitative estimate of drug-likeness (QED) is 0.0975. The Morgan fingerprint density at radius 3 is 1.19 bits per heavy atom. The van der Waals surface area contributed by atoms with E-state index in [1.54, 1.807) is 0 Å². The molecule has 0 aromatic heterocycles. The molecule has 0 unspecified atom stereocenters. The monoisotopic (exact) mass is 455 g/mol. The van der Waals surface area contributed by atoms with Gasteiger partial charge < -0.3 is 14.9 Å². The second-order valence-electron chi connectivity index (χ2n) is 10.9. The summed E-state index contributed by atoms with van der Waals surface area (Å²) in [6, 6.07) is 0. The van der Waals surface area contributed by atoms with Crippen molar-refractivity contribution >= 4 is 0 Å². The van der Waals surface area contributed by atoms with Gasteiger partial charge in [0, 0.05) is 13.0 Å². The number of quaternary nitrogens is 1. The third kappa shape index (κ3) is 26.1. The standard InChI is InChI=1S/C29H63N2O/c1-4-5-6-7-8-9-10-11-12-13-14-15-16-17-18-19-20-21-22-23-25-30-26-24-27-31(2,3)28-29-32/h30,32H,4-29H2,1-3H3/q+1. The lowest BCUT2D eigenvalue weighted by Gasteiger charge is -2.28. The van der Waals surface area contributed by atoms with Crippen LogP contribution in [-0.4, -0.2) is 56.5 Å². The third-order valence-electron chi connectivity index (χ3n) is 7.03. The molecular formula is C29H63N2O+. The van der Waals surface area contributed by atoms with Crippen molar-refractivity contribution in [2.24, 2.45) is 0 Å². The number of nitrogens with zero attached hydrogens (tertiary/aromatic N) is 1. The maximum Gasteiger partial charge on any atom is 0.102 e. The van der Waals surface area contributed by atoms with E-state index in [1.165, 1.54) is 141 Å². The van der Waals surface area contributed by atoms with Crippen molar-refractivity contribution in [3.63, 3.8) is 0 Å². The summed E-state index contributed by atoms with van der Waals surface area (Å²) in [4.78, 5) is 0. The summed E-state index contributed by atoms with van der Waals surface area (Å²) in [6.07, 6.45) is 30.1. The van der Waals surface area contributed by atoms with E-state index in [2.05, 4.69) is 26.3 Å². The van der Waals surface area contributed by atoms with Crippen molar-refractivity contribution in [1.29, 1.82) is 0 Å². The Morgan fingerprint density at radius 1 is 0.469 bits per heavy atom. The number of hydrogen-bond acceptors (Lipinski definition) is 2. The van der Waals surface area contributed by atoms with E-state index in [-0.39, 0.29) is 0 Å². The van der Waals surface area contributed by atoms with Crippen molar-refractivity contribution in [3.8, 4) is 0 Å². The van der Waals surface area contributed by atoms with Crippen LogP contribution in [0.2, 0.25) is 0 Å². The van der Waals surface area contributed by atoms with E-state index in [9.17, 15) is 0 Å². The zero-order chi connectivity index (χ0) is 23.6. The lowest BCUT2D eigenvalue weighted by Crippen LogP contribution is -2.43. The molecular weight excluding hydrogens is 392 g/mol. The SMILES string of the molecule is CCCCCCCCCCCCCCCCCCCCCCNCCC[N+](C)(C)CCO. The molecule has 194 valence electrons. The summed E-state index contributed by atoms with van der Waals surface area (Å²) in [5.41, 5.74) is 0. The Labute approximate surface area is 203 Å². The van der Waals surface area contributed by atoms with Gasteiger partial charge in [-0.2, -0.15) is 0 Å². The van der Waals surface area contributed by atoms with Crippen LogP contribution in [0.4, 0.5) is 0 Å². The smallest absolute Gasteiger partial charge is 0.102 e. The molecule has 0 amide bonds. The maximum atomic E-state index is 9.06. The highest BCUT2D eigenvalue weighted by Gasteiger charge is 2.12. The summed E-state index contributed by atoms with van der Waals surface area (Å²) in [7, 11) is 4.41. The highest BCUT2D eigenvalue weighted by molar-refractivity contribution is 4.52. The highest BCUT2D eigenvalue weighted by Crippen LogP contribution is 2.14. The number of unbranched alkanes of at least 4 members (excludes halogenated alkanes) is 19. The molecule has 0 aliphatic carbocycles. The topological polar surface area (TPSA) is 32.3 Å². The van der Waals surface area contributed by atoms with Gasteiger partial charge in [-0.05, 0) is 13.0 Å². The molecule has 0 atom stereocenters. The second-order valence-corrected chi connectivity index (χ2v) is 10.9. The lowest BCUT2D eigenvalue weighted by molar-refractivity contribution is -0.890. The Hall–Kier alpha value is -0.120.